The number of aliphatic carboxylic acids is 1. The maximum atomic E-state index is 13.1. The zero-order chi connectivity index (χ0) is 20.8. The van der Waals surface area contributed by atoms with E-state index in [1.165, 1.54) is 4.90 Å². The number of benzene rings is 2. The van der Waals surface area contributed by atoms with Crippen molar-refractivity contribution in [1.82, 2.24) is 15.2 Å². The molecule has 30 heavy (non-hydrogen) atoms. The Morgan fingerprint density at radius 3 is 2.80 bits per heavy atom. The Bertz CT molecular complexity index is 1150. The molecule has 2 aliphatic rings. The van der Waals surface area contributed by atoms with Crippen LogP contribution in [0.5, 0.6) is 11.5 Å². The highest BCUT2D eigenvalue weighted by atomic mass is 16.7. The SMILES string of the molecule is CNCC(=O)N1C(C(=O)O)Cc2c([nH]c3ccccc23)[C@H]1c1ccc2c(c1)OCO2. The molecule has 1 aromatic heterocycles. The minimum absolute atomic E-state index is 0.0421. The molecule has 2 aromatic carbocycles. The lowest BCUT2D eigenvalue weighted by molar-refractivity contribution is -0.152. The van der Waals surface area contributed by atoms with E-state index in [1.807, 2.05) is 36.4 Å². The highest BCUT2D eigenvalue weighted by molar-refractivity contribution is 5.91. The molecule has 0 spiro atoms. The van der Waals surface area contributed by atoms with Crippen molar-refractivity contribution < 1.29 is 24.2 Å². The van der Waals surface area contributed by atoms with Gasteiger partial charge in [0.1, 0.15) is 6.04 Å². The number of para-hydroxylation sites is 1. The molecular formula is C22H21N3O5. The lowest BCUT2D eigenvalue weighted by Gasteiger charge is -2.40. The van der Waals surface area contributed by atoms with E-state index in [0.717, 1.165) is 27.7 Å². The molecule has 1 amide bonds. The molecule has 0 radical (unpaired) electrons. The van der Waals surface area contributed by atoms with Gasteiger partial charge in [0.05, 0.1) is 12.6 Å². The van der Waals surface area contributed by atoms with Gasteiger partial charge in [-0.3, -0.25) is 4.79 Å². The van der Waals surface area contributed by atoms with Crippen molar-refractivity contribution in [3.05, 3.63) is 59.3 Å². The Labute approximate surface area is 172 Å². The predicted octanol–water partition coefficient (Wildman–Crippen LogP) is 2.04. The quantitative estimate of drug-likeness (QED) is 0.612. The van der Waals surface area contributed by atoms with E-state index in [2.05, 4.69) is 10.3 Å². The summed E-state index contributed by atoms with van der Waals surface area (Å²) >= 11 is 0. The van der Waals surface area contributed by atoms with Gasteiger partial charge in [-0.1, -0.05) is 24.3 Å². The zero-order valence-electron chi connectivity index (χ0n) is 16.3. The predicted molar refractivity (Wildman–Crippen MR) is 109 cm³/mol. The van der Waals surface area contributed by atoms with Gasteiger partial charge in [0.15, 0.2) is 11.5 Å². The molecule has 8 heteroatoms. The van der Waals surface area contributed by atoms with Crippen LogP contribution in [0.3, 0.4) is 0 Å². The van der Waals surface area contributed by atoms with Crippen LogP contribution in [-0.4, -0.2) is 53.3 Å². The Balaban J connectivity index is 1.74. The average Bonchev–Trinajstić information content (AvgIpc) is 3.36. The molecule has 0 saturated carbocycles. The fourth-order valence-electron chi connectivity index (χ4n) is 4.46. The van der Waals surface area contributed by atoms with Gasteiger partial charge in [0.25, 0.3) is 0 Å². The molecule has 0 fully saturated rings. The van der Waals surface area contributed by atoms with Crippen LogP contribution < -0.4 is 14.8 Å². The van der Waals surface area contributed by atoms with Crippen LogP contribution in [-0.2, 0) is 16.0 Å². The summed E-state index contributed by atoms with van der Waals surface area (Å²) in [4.78, 5) is 30.2. The number of H-pyrrole nitrogens is 1. The molecule has 2 aliphatic heterocycles. The number of amides is 1. The summed E-state index contributed by atoms with van der Waals surface area (Å²) in [5.74, 6) is -0.0871. The number of nitrogens with one attached hydrogen (secondary N) is 2. The first-order chi connectivity index (χ1) is 14.6. The second-order valence-electron chi connectivity index (χ2n) is 7.47. The van der Waals surface area contributed by atoms with Crippen molar-refractivity contribution in [2.24, 2.45) is 0 Å². The smallest absolute Gasteiger partial charge is 0.326 e. The molecule has 2 atom stereocenters. The molecule has 0 saturated heterocycles. The maximum absolute atomic E-state index is 13.1. The molecule has 0 aliphatic carbocycles. The van der Waals surface area contributed by atoms with Crippen molar-refractivity contribution in [2.45, 2.75) is 18.5 Å². The lowest BCUT2D eigenvalue weighted by atomic mass is 9.87. The topological polar surface area (TPSA) is 104 Å². The number of nitrogens with zero attached hydrogens (tertiary/aromatic N) is 1. The molecule has 8 nitrogen and oxygen atoms in total. The maximum Gasteiger partial charge on any atom is 0.326 e. The van der Waals surface area contributed by atoms with Crippen molar-refractivity contribution >= 4 is 22.8 Å². The number of rotatable bonds is 4. The van der Waals surface area contributed by atoms with Gasteiger partial charge < -0.3 is 29.8 Å². The van der Waals surface area contributed by atoms with E-state index < -0.39 is 18.1 Å². The largest absolute Gasteiger partial charge is 0.480 e. The Hall–Kier alpha value is -3.52. The molecule has 3 N–H and O–H groups in total. The van der Waals surface area contributed by atoms with E-state index in [0.29, 0.717) is 11.5 Å². The number of aromatic amines is 1. The zero-order valence-corrected chi connectivity index (χ0v) is 16.3. The molecular weight excluding hydrogens is 386 g/mol. The van der Waals surface area contributed by atoms with E-state index in [1.54, 1.807) is 13.1 Å². The van der Waals surface area contributed by atoms with Gasteiger partial charge in [0.2, 0.25) is 12.7 Å². The fraction of sp³-hybridized carbons (Fsp3) is 0.273. The highest BCUT2D eigenvalue weighted by Crippen LogP contribution is 2.43. The van der Waals surface area contributed by atoms with E-state index in [9.17, 15) is 14.7 Å². The standard InChI is InChI=1S/C22H21N3O5/c1-23-10-19(26)25-16(22(27)28)9-14-13-4-2-3-5-15(13)24-20(14)21(25)12-6-7-17-18(8-12)30-11-29-17/h2-8,16,21,23-24H,9-11H2,1H3,(H,27,28)/t16?,21-/m1/s1. The first-order valence-electron chi connectivity index (χ1n) is 9.76. The Morgan fingerprint density at radius 2 is 2.00 bits per heavy atom. The monoisotopic (exact) mass is 407 g/mol. The van der Waals surface area contributed by atoms with Crippen LogP contribution in [0.15, 0.2) is 42.5 Å². The summed E-state index contributed by atoms with van der Waals surface area (Å²) in [5.41, 5.74) is 3.44. The van der Waals surface area contributed by atoms with Gasteiger partial charge >= 0.3 is 5.97 Å². The Kier molecular flexibility index (Phi) is 4.36. The Morgan fingerprint density at radius 1 is 1.20 bits per heavy atom. The number of carbonyl (C=O) groups is 2. The van der Waals surface area contributed by atoms with Gasteiger partial charge in [-0.15, -0.1) is 0 Å². The summed E-state index contributed by atoms with van der Waals surface area (Å²) in [6.07, 6.45) is 0.241. The third-order valence-electron chi connectivity index (χ3n) is 5.74. The molecule has 154 valence electrons. The first-order valence-corrected chi connectivity index (χ1v) is 9.76. The number of carbonyl (C=O) groups excluding carboxylic acids is 1. The highest BCUT2D eigenvalue weighted by Gasteiger charge is 2.43. The normalized spacial score (nSPS) is 19.7. The van der Waals surface area contributed by atoms with E-state index in [4.69, 9.17) is 9.47 Å². The van der Waals surface area contributed by atoms with Gasteiger partial charge in [-0.2, -0.15) is 0 Å². The van der Waals surface area contributed by atoms with Crippen LogP contribution in [0.25, 0.3) is 10.9 Å². The van der Waals surface area contributed by atoms with Crippen LogP contribution in [0.2, 0.25) is 0 Å². The summed E-state index contributed by atoms with van der Waals surface area (Å²) in [6.45, 7) is 0.182. The third-order valence-corrected chi connectivity index (χ3v) is 5.74. The van der Waals surface area contributed by atoms with Gasteiger partial charge in [-0.25, -0.2) is 4.79 Å². The third kappa shape index (κ3) is 2.80. The number of carboxylic acid groups (broad SMARTS) is 1. The minimum atomic E-state index is -1.03. The second kappa shape index (κ2) is 7.07. The van der Waals surface area contributed by atoms with Crippen LogP contribution >= 0.6 is 0 Å². The average molecular weight is 407 g/mol. The van der Waals surface area contributed by atoms with E-state index >= 15 is 0 Å². The lowest BCUT2D eigenvalue weighted by Crippen LogP contribution is -2.53. The van der Waals surface area contributed by atoms with Gasteiger partial charge in [0, 0.05) is 23.0 Å². The minimum Gasteiger partial charge on any atom is -0.480 e. The molecule has 3 aromatic rings. The number of hydrogen-bond donors (Lipinski definition) is 3. The summed E-state index contributed by atoms with van der Waals surface area (Å²) in [7, 11) is 1.67. The summed E-state index contributed by atoms with van der Waals surface area (Å²) < 4.78 is 10.9. The molecule has 3 heterocycles. The van der Waals surface area contributed by atoms with Crippen molar-refractivity contribution in [3.8, 4) is 11.5 Å². The van der Waals surface area contributed by atoms with Crippen molar-refractivity contribution in [2.75, 3.05) is 20.4 Å². The fourth-order valence-corrected chi connectivity index (χ4v) is 4.46. The number of carboxylic acids is 1. The van der Waals surface area contributed by atoms with E-state index in [-0.39, 0.29) is 25.7 Å². The molecule has 5 rings (SSSR count). The van der Waals surface area contributed by atoms with Crippen LogP contribution in [0.4, 0.5) is 0 Å². The van der Waals surface area contributed by atoms with Gasteiger partial charge in [-0.05, 0) is 36.4 Å². The molecule has 1 unspecified atom stereocenters. The van der Waals surface area contributed by atoms with Crippen LogP contribution in [0, 0.1) is 0 Å². The number of aromatic nitrogens is 1. The molecule has 0 bridgehead atoms. The number of likely N-dealkylation sites (N-methyl/N-ethyl adjacent to an activating group) is 1. The number of fused-ring (bicyclic) bond motifs is 4. The summed E-state index contributed by atoms with van der Waals surface area (Å²) in [6, 6.07) is 11.7. The van der Waals surface area contributed by atoms with Crippen molar-refractivity contribution in [3.63, 3.8) is 0 Å². The number of hydrogen-bond acceptors (Lipinski definition) is 5. The summed E-state index contributed by atoms with van der Waals surface area (Å²) in [5, 5.41) is 13.8. The first kappa shape index (κ1) is 18.5. The van der Waals surface area contributed by atoms with Crippen molar-refractivity contribution in [1.29, 1.82) is 0 Å². The number of ether oxygens (including phenoxy) is 2. The van der Waals surface area contributed by atoms with Crippen LogP contribution in [0.1, 0.15) is 22.9 Å². The second-order valence-corrected chi connectivity index (χ2v) is 7.47.